The Bertz CT molecular complexity index is 294. The van der Waals surface area contributed by atoms with E-state index >= 15 is 0 Å². The van der Waals surface area contributed by atoms with Crippen LogP contribution in [0.5, 0.6) is 0 Å². The van der Waals surface area contributed by atoms with Crippen LogP contribution in [0.3, 0.4) is 0 Å². The van der Waals surface area contributed by atoms with Gasteiger partial charge in [0, 0.05) is 38.8 Å². The maximum atomic E-state index is 5.02. The van der Waals surface area contributed by atoms with E-state index in [1.54, 1.807) is 0 Å². The number of thiol groups is 1. The van der Waals surface area contributed by atoms with Crippen molar-refractivity contribution in [3.63, 3.8) is 0 Å². The van der Waals surface area contributed by atoms with Gasteiger partial charge < -0.3 is 4.52 Å². The van der Waals surface area contributed by atoms with Crippen molar-refractivity contribution in [1.82, 2.24) is 14.4 Å². The molecule has 0 unspecified atom stereocenters. The number of hydrogen-bond acceptors (Lipinski definition) is 5. The topological polar surface area (TPSA) is 32.5 Å². The van der Waals surface area contributed by atoms with E-state index < -0.39 is 0 Å². The maximum Gasteiger partial charge on any atom is 0.133 e. The SMILES string of the molecule is Cc1cc(CN2CCN(S)CC2)no1. The molecule has 0 N–H and O–H groups in total. The highest BCUT2D eigenvalue weighted by molar-refractivity contribution is 7.77. The number of nitrogens with zero attached hydrogens (tertiary/aromatic N) is 3. The van der Waals surface area contributed by atoms with E-state index in [9.17, 15) is 0 Å². The summed E-state index contributed by atoms with van der Waals surface area (Å²) in [4.78, 5) is 2.37. The van der Waals surface area contributed by atoms with Crippen molar-refractivity contribution in [2.24, 2.45) is 0 Å². The Morgan fingerprint density at radius 2 is 2.14 bits per heavy atom. The van der Waals surface area contributed by atoms with E-state index in [0.717, 1.165) is 44.2 Å². The Kier molecular flexibility index (Phi) is 3.10. The van der Waals surface area contributed by atoms with E-state index in [2.05, 4.69) is 22.9 Å². The summed E-state index contributed by atoms with van der Waals surface area (Å²) in [6.07, 6.45) is 0. The summed E-state index contributed by atoms with van der Waals surface area (Å²) in [5, 5.41) is 3.98. The zero-order valence-electron chi connectivity index (χ0n) is 8.31. The minimum absolute atomic E-state index is 0.882. The fourth-order valence-electron chi connectivity index (χ4n) is 1.62. The third-order valence-electron chi connectivity index (χ3n) is 2.41. The molecule has 1 fully saturated rings. The molecular weight excluding hydrogens is 198 g/mol. The van der Waals surface area contributed by atoms with Crippen LogP contribution in [0.2, 0.25) is 0 Å². The van der Waals surface area contributed by atoms with Crippen LogP contribution in [-0.4, -0.2) is 40.5 Å². The smallest absolute Gasteiger partial charge is 0.133 e. The van der Waals surface area contributed by atoms with Crippen molar-refractivity contribution in [3.8, 4) is 0 Å². The lowest BCUT2D eigenvalue weighted by atomic mass is 10.3. The van der Waals surface area contributed by atoms with Crippen LogP contribution < -0.4 is 0 Å². The van der Waals surface area contributed by atoms with Crippen LogP contribution in [0.15, 0.2) is 10.6 Å². The lowest BCUT2D eigenvalue weighted by molar-refractivity contribution is 0.186. The third-order valence-corrected chi connectivity index (χ3v) is 2.81. The molecule has 0 spiro atoms. The molecule has 1 aromatic rings. The number of piperazine rings is 1. The molecule has 5 heteroatoms. The van der Waals surface area contributed by atoms with E-state index in [-0.39, 0.29) is 0 Å². The fraction of sp³-hybridized carbons (Fsp3) is 0.667. The van der Waals surface area contributed by atoms with Gasteiger partial charge in [-0.05, 0) is 6.92 Å². The van der Waals surface area contributed by atoms with Gasteiger partial charge >= 0.3 is 0 Å². The van der Waals surface area contributed by atoms with E-state index in [1.165, 1.54) is 0 Å². The number of hydrogen-bond donors (Lipinski definition) is 1. The highest BCUT2D eigenvalue weighted by Crippen LogP contribution is 2.09. The second-order valence-corrected chi connectivity index (χ2v) is 4.22. The second-order valence-electron chi connectivity index (χ2n) is 3.66. The van der Waals surface area contributed by atoms with Gasteiger partial charge in [-0.1, -0.05) is 18.0 Å². The molecule has 0 aliphatic carbocycles. The summed E-state index contributed by atoms with van der Waals surface area (Å²) < 4.78 is 7.07. The maximum absolute atomic E-state index is 5.02. The van der Waals surface area contributed by atoms with Gasteiger partial charge in [0.1, 0.15) is 5.76 Å². The van der Waals surface area contributed by atoms with Crippen LogP contribution in [0.4, 0.5) is 0 Å². The standard InChI is InChI=1S/C9H15N3OS/c1-8-6-9(10-13-8)7-11-2-4-12(14)5-3-11/h6,14H,2-5,7H2,1H3. The summed E-state index contributed by atoms with van der Waals surface area (Å²) in [5.41, 5.74) is 1.02. The monoisotopic (exact) mass is 213 g/mol. The summed E-state index contributed by atoms with van der Waals surface area (Å²) in [5.74, 6) is 0.882. The molecule has 0 saturated carbocycles. The number of rotatable bonds is 2. The second kappa shape index (κ2) is 4.33. The Morgan fingerprint density at radius 3 is 2.71 bits per heavy atom. The summed E-state index contributed by atoms with van der Waals surface area (Å²) >= 11 is 4.30. The van der Waals surface area contributed by atoms with Gasteiger partial charge in [0.05, 0.1) is 5.69 Å². The average Bonchev–Trinajstić information content (AvgIpc) is 2.56. The zero-order chi connectivity index (χ0) is 9.97. The van der Waals surface area contributed by atoms with Gasteiger partial charge in [-0.15, -0.1) is 0 Å². The van der Waals surface area contributed by atoms with Crippen LogP contribution in [0.1, 0.15) is 11.5 Å². The fourth-order valence-corrected chi connectivity index (χ4v) is 1.80. The molecule has 0 amide bonds. The van der Waals surface area contributed by atoms with Crippen LogP contribution in [0.25, 0.3) is 0 Å². The zero-order valence-corrected chi connectivity index (χ0v) is 9.20. The summed E-state index contributed by atoms with van der Waals surface area (Å²) in [6.45, 7) is 6.94. The lowest BCUT2D eigenvalue weighted by Gasteiger charge is -2.30. The van der Waals surface area contributed by atoms with Crippen molar-refractivity contribution in [2.45, 2.75) is 13.5 Å². The van der Waals surface area contributed by atoms with Crippen molar-refractivity contribution in [1.29, 1.82) is 0 Å². The minimum atomic E-state index is 0.882. The van der Waals surface area contributed by atoms with Gasteiger partial charge in [0.2, 0.25) is 0 Å². The Hall–Kier alpha value is -0.520. The highest BCUT2D eigenvalue weighted by Gasteiger charge is 2.15. The third kappa shape index (κ3) is 2.50. The molecule has 78 valence electrons. The molecule has 1 saturated heterocycles. The molecule has 0 aromatic carbocycles. The van der Waals surface area contributed by atoms with Gasteiger partial charge in [-0.3, -0.25) is 9.21 Å². The van der Waals surface area contributed by atoms with E-state index in [0.29, 0.717) is 0 Å². The van der Waals surface area contributed by atoms with Crippen molar-refractivity contribution in [2.75, 3.05) is 26.2 Å². The van der Waals surface area contributed by atoms with E-state index in [4.69, 9.17) is 4.52 Å². The molecule has 0 atom stereocenters. The van der Waals surface area contributed by atoms with E-state index in [1.807, 2.05) is 17.3 Å². The minimum Gasteiger partial charge on any atom is -0.361 e. The van der Waals surface area contributed by atoms with Crippen molar-refractivity contribution < 1.29 is 4.52 Å². The summed E-state index contributed by atoms with van der Waals surface area (Å²) in [6, 6.07) is 1.99. The Labute approximate surface area is 89.4 Å². The molecule has 1 aliphatic heterocycles. The van der Waals surface area contributed by atoms with Gasteiger partial charge in [0.25, 0.3) is 0 Å². The Morgan fingerprint density at radius 1 is 1.43 bits per heavy atom. The molecule has 0 bridgehead atoms. The molecule has 14 heavy (non-hydrogen) atoms. The van der Waals surface area contributed by atoms with Crippen molar-refractivity contribution >= 4 is 12.8 Å². The largest absolute Gasteiger partial charge is 0.361 e. The van der Waals surface area contributed by atoms with Crippen LogP contribution in [-0.2, 0) is 6.54 Å². The quantitative estimate of drug-likeness (QED) is 0.741. The first kappa shape index (κ1) is 10.0. The van der Waals surface area contributed by atoms with Gasteiger partial charge in [-0.2, -0.15) is 0 Å². The summed E-state index contributed by atoms with van der Waals surface area (Å²) in [7, 11) is 0. The van der Waals surface area contributed by atoms with Crippen molar-refractivity contribution in [3.05, 3.63) is 17.5 Å². The molecule has 1 aliphatic rings. The highest BCUT2D eigenvalue weighted by atomic mass is 32.1. The predicted molar refractivity (Wildman–Crippen MR) is 57.1 cm³/mol. The molecule has 4 nitrogen and oxygen atoms in total. The first-order chi connectivity index (χ1) is 6.74. The van der Waals surface area contributed by atoms with Crippen LogP contribution in [0, 0.1) is 6.92 Å². The molecule has 1 aromatic heterocycles. The van der Waals surface area contributed by atoms with Crippen LogP contribution >= 0.6 is 12.8 Å². The molecular formula is C9H15N3OS. The number of aryl methyl sites for hydroxylation is 1. The molecule has 2 rings (SSSR count). The molecule has 2 heterocycles. The van der Waals surface area contributed by atoms with Gasteiger partial charge in [-0.25, -0.2) is 0 Å². The lowest BCUT2D eigenvalue weighted by Crippen LogP contribution is -2.41. The average molecular weight is 213 g/mol. The first-order valence-corrected chi connectivity index (χ1v) is 5.22. The van der Waals surface area contributed by atoms with Gasteiger partial charge in [0.15, 0.2) is 0 Å². The normalized spacial score (nSPS) is 20.1. The first-order valence-electron chi connectivity index (χ1n) is 4.82. The number of aromatic nitrogens is 1. The Balaban J connectivity index is 1.86. The predicted octanol–water partition coefficient (Wildman–Crippen LogP) is 0.945. The molecule has 0 radical (unpaired) electrons.